The van der Waals surface area contributed by atoms with E-state index in [0.29, 0.717) is 13.0 Å². The second-order valence-corrected chi connectivity index (χ2v) is 4.68. The lowest BCUT2D eigenvalue weighted by Gasteiger charge is -2.23. The highest BCUT2D eigenvalue weighted by molar-refractivity contribution is 5.76. The number of aromatic nitrogens is 2. The van der Waals surface area contributed by atoms with Crippen molar-refractivity contribution in [3.63, 3.8) is 0 Å². The van der Waals surface area contributed by atoms with E-state index in [4.69, 9.17) is 0 Å². The summed E-state index contributed by atoms with van der Waals surface area (Å²) in [5, 5.41) is 0. The molecule has 0 aliphatic heterocycles. The van der Waals surface area contributed by atoms with Crippen LogP contribution in [0.1, 0.15) is 33.0 Å². The van der Waals surface area contributed by atoms with Crippen molar-refractivity contribution in [3.05, 3.63) is 11.9 Å². The number of Topliss-reactive ketones (excluding diaryl/α,β-unsaturated/α-hetero) is 1. The zero-order valence-corrected chi connectivity index (χ0v) is 12.6. The zero-order valence-electron chi connectivity index (χ0n) is 12.6. The van der Waals surface area contributed by atoms with Crippen LogP contribution in [0.2, 0.25) is 0 Å². The van der Waals surface area contributed by atoms with E-state index >= 15 is 0 Å². The Morgan fingerprint density at radius 3 is 2.32 bits per heavy atom. The summed E-state index contributed by atoms with van der Waals surface area (Å²) in [4.78, 5) is 24.2. The lowest BCUT2D eigenvalue weighted by Crippen LogP contribution is -2.26. The molecule has 0 spiro atoms. The van der Waals surface area contributed by atoms with Crippen molar-refractivity contribution in [1.82, 2.24) is 9.97 Å². The number of nitrogens with zero attached hydrogens (tertiary/aromatic N) is 4. The summed E-state index contributed by atoms with van der Waals surface area (Å²) >= 11 is 0. The lowest BCUT2D eigenvalue weighted by molar-refractivity contribution is -0.116. The third kappa shape index (κ3) is 4.50. The Labute approximate surface area is 115 Å². The first-order chi connectivity index (χ1) is 8.97. The smallest absolute Gasteiger partial charge is 0.134 e. The van der Waals surface area contributed by atoms with Crippen molar-refractivity contribution in [2.24, 2.45) is 0 Å². The normalized spacial score (nSPS) is 10.4. The monoisotopic (exact) mass is 264 g/mol. The van der Waals surface area contributed by atoms with E-state index in [1.807, 2.05) is 24.9 Å². The van der Waals surface area contributed by atoms with Gasteiger partial charge in [0.15, 0.2) is 0 Å². The molecule has 0 atom stereocenters. The van der Waals surface area contributed by atoms with Crippen LogP contribution in [0.5, 0.6) is 0 Å². The first-order valence-corrected chi connectivity index (χ1v) is 6.79. The molecular weight excluding hydrogens is 240 g/mol. The minimum atomic E-state index is 0.196. The van der Waals surface area contributed by atoms with Gasteiger partial charge >= 0.3 is 0 Å². The number of aryl methyl sites for hydroxylation is 1. The largest absolute Gasteiger partial charge is 0.359 e. The maximum atomic E-state index is 11.0. The topological polar surface area (TPSA) is 49.3 Å². The SMILES string of the molecule is CCN(CC)c1cc(N(C)CCC(C)=O)nc(C)n1. The fraction of sp³-hybridized carbons (Fsp3) is 0.643. The van der Waals surface area contributed by atoms with Gasteiger partial charge < -0.3 is 9.80 Å². The van der Waals surface area contributed by atoms with Crippen molar-refractivity contribution in [2.45, 2.75) is 34.1 Å². The highest BCUT2D eigenvalue weighted by atomic mass is 16.1. The van der Waals surface area contributed by atoms with Gasteiger partial charge in [0.1, 0.15) is 23.2 Å². The molecule has 1 rings (SSSR count). The van der Waals surface area contributed by atoms with Crippen LogP contribution in [0.25, 0.3) is 0 Å². The summed E-state index contributed by atoms with van der Waals surface area (Å²) in [5.74, 6) is 2.77. The first-order valence-electron chi connectivity index (χ1n) is 6.79. The van der Waals surface area contributed by atoms with Crippen molar-refractivity contribution in [3.8, 4) is 0 Å². The number of ketones is 1. The molecule has 0 amide bonds. The Balaban J connectivity index is 2.92. The van der Waals surface area contributed by atoms with Gasteiger partial charge in [-0.05, 0) is 27.7 Å². The van der Waals surface area contributed by atoms with Crippen molar-refractivity contribution in [1.29, 1.82) is 0 Å². The molecule has 5 nitrogen and oxygen atoms in total. The van der Waals surface area contributed by atoms with Gasteiger partial charge in [-0.25, -0.2) is 9.97 Å². The molecule has 0 aliphatic rings. The van der Waals surface area contributed by atoms with E-state index in [1.54, 1.807) is 6.92 Å². The van der Waals surface area contributed by atoms with Crippen LogP contribution < -0.4 is 9.80 Å². The highest BCUT2D eigenvalue weighted by Gasteiger charge is 2.10. The summed E-state index contributed by atoms with van der Waals surface area (Å²) in [7, 11) is 1.96. The van der Waals surface area contributed by atoms with E-state index in [0.717, 1.165) is 30.5 Å². The third-order valence-electron chi connectivity index (χ3n) is 3.09. The molecule has 1 aromatic rings. The molecule has 0 aliphatic carbocycles. The van der Waals surface area contributed by atoms with Crippen LogP contribution >= 0.6 is 0 Å². The molecule has 0 aromatic carbocycles. The fourth-order valence-corrected chi connectivity index (χ4v) is 1.88. The standard InChI is InChI=1S/C14H24N4O/c1-6-18(7-2)14-10-13(15-12(4)16-14)17(5)9-8-11(3)19/h10H,6-9H2,1-5H3. The molecule has 19 heavy (non-hydrogen) atoms. The van der Waals surface area contributed by atoms with Crippen LogP contribution in [0.15, 0.2) is 6.07 Å². The molecule has 1 aromatic heterocycles. The second-order valence-electron chi connectivity index (χ2n) is 4.68. The predicted molar refractivity (Wildman–Crippen MR) is 78.9 cm³/mol. The minimum absolute atomic E-state index is 0.196. The van der Waals surface area contributed by atoms with Crippen LogP contribution in [-0.2, 0) is 4.79 Å². The average molecular weight is 264 g/mol. The fourth-order valence-electron chi connectivity index (χ4n) is 1.88. The van der Waals surface area contributed by atoms with Crippen molar-refractivity contribution < 1.29 is 4.79 Å². The van der Waals surface area contributed by atoms with Gasteiger partial charge in [0.25, 0.3) is 0 Å². The number of carbonyl (C=O) groups is 1. The quantitative estimate of drug-likeness (QED) is 0.754. The number of carbonyl (C=O) groups excluding carboxylic acids is 1. The number of rotatable bonds is 7. The lowest BCUT2D eigenvalue weighted by atomic mass is 10.3. The van der Waals surface area contributed by atoms with Crippen LogP contribution in [-0.4, -0.2) is 42.4 Å². The summed E-state index contributed by atoms with van der Waals surface area (Å²) < 4.78 is 0. The molecule has 0 saturated heterocycles. The Morgan fingerprint density at radius 1 is 1.21 bits per heavy atom. The number of anilines is 2. The number of hydrogen-bond donors (Lipinski definition) is 0. The third-order valence-corrected chi connectivity index (χ3v) is 3.09. The molecule has 0 N–H and O–H groups in total. The van der Waals surface area contributed by atoms with E-state index in [9.17, 15) is 4.79 Å². The van der Waals surface area contributed by atoms with Gasteiger partial charge in [0, 0.05) is 39.2 Å². The van der Waals surface area contributed by atoms with Gasteiger partial charge in [-0.2, -0.15) is 0 Å². The maximum absolute atomic E-state index is 11.0. The molecule has 0 radical (unpaired) electrons. The molecule has 5 heteroatoms. The second kappa shape index (κ2) is 7.07. The van der Waals surface area contributed by atoms with Gasteiger partial charge in [0.05, 0.1) is 0 Å². The molecule has 0 fully saturated rings. The Morgan fingerprint density at radius 2 is 1.79 bits per heavy atom. The molecule has 0 saturated carbocycles. The first kappa shape index (κ1) is 15.4. The maximum Gasteiger partial charge on any atom is 0.134 e. The average Bonchev–Trinajstić information content (AvgIpc) is 2.36. The molecule has 1 heterocycles. The molecular formula is C14H24N4O. The summed E-state index contributed by atoms with van der Waals surface area (Å²) in [6.45, 7) is 10.3. The van der Waals surface area contributed by atoms with E-state index in [1.165, 1.54) is 0 Å². The van der Waals surface area contributed by atoms with Gasteiger partial charge in [-0.3, -0.25) is 4.79 Å². The van der Waals surface area contributed by atoms with E-state index in [-0.39, 0.29) is 5.78 Å². The van der Waals surface area contributed by atoms with Crippen LogP contribution in [0.4, 0.5) is 11.6 Å². The Hall–Kier alpha value is -1.65. The highest BCUT2D eigenvalue weighted by Crippen LogP contribution is 2.18. The Bertz CT molecular complexity index is 429. The minimum Gasteiger partial charge on any atom is -0.359 e. The zero-order chi connectivity index (χ0) is 14.4. The van der Waals surface area contributed by atoms with Gasteiger partial charge in [0.2, 0.25) is 0 Å². The van der Waals surface area contributed by atoms with Crippen LogP contribution in [0, 0.1) is 6.92 Å². The molecule has 0 bridgehead atoms. The predicted octanol–water partition coefficient (Wildman–Crippen LogP) is 2.05. The van der Waals surface area contributed by atoms with Crippen molar-refractivity contribution in [2.75, 3.05) is 36.5 Å². The van der Waals surface area contributed by atoms with Crippen molar-refractivity contribution >= 4 is 17.4 Å². The van der Waals surface area contributed by atoms with Gasteiger partial charge in [-0.15, -0.1) is 0 Å². The van der Waals surface area contributed by atoms with Crippen LogP contribution in [0.3, 0.4) is 0 Å². The Kier molecular flexibility index (Phi) is 5.73. The summed E-state index contributed by atoms with van der Waals surface area (Å²) in [5.41, 5.74) is 0. The summed E-state index contributed by atoms with van der Waals surface area (Å²) in [6, 6.07) is 1.99. The van der Waals surface area contributed by atoms with E-state index < -0.39 is 0 Å². The van der Waals surface area contributed by atoms with E-state index in [2.05, 4.69) is 28.7 Å². The number of hydrogen-bond acceptors (Lipinski definition) is 5. The molecule has 106 valence electrons. The summed E-state index contributed by atoms with van der Waals surface area (Å²) in [6.07, 6.45) is 0.542. The molecule has 0 unspecified atom stereocenters. The van der Waals surface area contributed by atoms with Gasteiger partial charge in [-0.1, -0.05) is 0 Å².